The summed E-state index contributed by atoms with van der Waals surface area (Å²) >= 11 is 0. The summed E-state index contributed by atoms with van der Waals surface area (Å²) < 4.78 is 17.6. The zero-order chi connectivity index (χ0) is 57.5. The molecule has 1 amide bonds. The van der Waals surface area contributed by atoms with E-state index in [-0.39, 0.29) is 13.0 Å². The number of amides is 1. The minimum atomic E-state index is -1.62. The first-order valence-electron chi connectivity index (χ1n) is 33.1. The second kappa shape index (κ2) is 55.9. The molecule has 1 fully saturated rings. The Hall–Kier alpha value is -2.64. The molecule has 0 aromatic heterocycles. The quantitative estimate of drug-likeness (QED) is 0.0195. The van der Waals surface area contributed by atoms with Crippen LogP contribution in [0, 0.1) is 0 Å². The van der Waals surface area contributed by atoms with Crippen molar-refractivity contribution in [3.05, 3.63) is 60.8 Å². The molecular weight excluding hydrogens is 991 g/mol. The number of aliphatic hydroxyl groups excluding tert-OH is 5. The third-order valence-electron chi connectivity index (χ3n) is 15.4. The van der Waals surface area contributed by atoms with Gasteiger partial charge in [-0.15, -0.1) is 0 Å². The summed E-state index contributed by atoms with van der Waals surface area (Å²) in [6, 6.07) is -1.03. The van der Waals surface area contributed by atoms with Crippen molar-refractivity contribution in [3.8, 4) is 0 Å². The van der Waals surface area contributed by atoms with E-state index in [0.29, 0.717) is 19.3 Å². The van der Waals surface area contributed by atoms with E-state index < -0.39 is 67.4 Å². The van der Waals surface area contributed by atoms with E-state index >= 15 is 0 Å². The number of nitrogens with one attached hydrogen (secondary N) is 1. The van der Waals surface area contributed by atoms with Crippen molar-refractivity contribution in [1.82, 2.24) is 5.32 Å². The molecule has 79 heavy (non-hydrogen) atoms. The average Bonchev–Trinajstić information content (AvgIpc) is 3.47. The lowest BCUT2D eigenvalue weighted by atomic mass is 9.99. The SMILES string of the molecule is CCCCC/C=C\C/C=C\C/C=C\C/C=C\CCCCCCCC(=O)OC1C(OCC(NC(=O)C(O)CCCCCCCCCCCCCCCCCCCC)C(O)/C=C/CCCCCCCCCCC)OC(CO)C(O)C1O. The maximum atomic E-state index is 13.4. The van der Waals surface area contributed by atoms with Crippen LogP contribution < -0.4 is 5.32 Å². The predicted molar refractivity (Wildman–Crippen MR) is 329 cm³/mol. The molecule has 11 nitrogen and oxygen atoms in total. The molecule has 8 atom stereocenters. The number of hydrogen-bond acceptors (Lipinski definition) is 10. The fraction of sp³-hybridized carbons (Fsp3) is 0.824. The van der Waals surface area contributed by atoms with Gasteiger partial charge in [-0.25, -0.2) is 0 Å². The highest BCUT2D eigenvalue weighted by molar-refractivity contribution is 5.80. The highest BCUT2D eigenvalue weighted by Gasteiger charge is 2.47. The lowest BCUT2D eigenvalue weighted by Gasteiger charge is -2.41. The summed E-state index contributed by atoms with van der Waals surface area (Å²) in [5.74, 6) is -1.21. The van der Waals surface area contributed by atoms with Crippen molar-refractivity contribution in [1.29, 1.82) is 0 Å². The lowest BCUT2D eigenvalue weighted by molar-refractivity contribution is -0.305. The molecule has 0 spiro atoms. The third kappa shape index (κ3) is 43.7. The molecule has 1 saturated heterocycles. The Morgan fingerprint density at radius 2 is 0.873 bits per heavy atom. The molecule has 8 unspecified atom stereocenters. The number of ether oxygens (including phenoxy) is 3. The van der Waals surface area contributed by atoms with Gasteiger partial charge in [0.05, 0.1) is 25.4 Å². The van der Waals surface area contributed by atoms with E-state index in [1.54, 1.807) is 6.08 Å². The van der Waals surface area contributed by atoms with Crippen LogP contribution in [-0.2, 0) is 23.8 Å². The van der Waals surface area contributed by atoms with Crippen molar-refractivity contribution in [2.75, 3.05) is 13.2 Å². The van der Waals surface area contributed by atoms with E-state index in [1.165, 1.54) is 161 Å². The van der Waals surface area contributed by atoms with Gasteiger partial charge < -0.3 is 45.1 Å². The fourth-order valence-electron chi connectivity index (χ4n) is 10.2. The number of unbranched alkanes of at least 4 members (excludes halogenated alkanes) is 34. The van der Waals surface area contributed by atoms with E-state index in [4.69, 9.17) is 14.2 Å². The van der Waals surface area contributed by atoms with Crippen LogP contribution in [0.4, 0.5) is 0 Å². The third-order valence-corrected chi connectivity index (χ3v) is 15.4. The zero-order valence-electron chi connectivity index (χ0n) is 51.0. The van der Waals surface area contributed by atoms with Gasteiger partial charge in [0.15, 0.2) is 12.4 Å². The van der Waals surface area contributed by atoms with Gasteiger partial charge in [-0.1, -0.05) is 281 Å². The van der Waals surface area contributed by atoms with E-state index in [9.17, 15) is 35.1 Å². The summed E-state index contributed by atoms with van der Waals surface area (Å²) in [5, 5.41) is 57.1. The maximum absolute atomic E-state index is 13.4. The Morgan fingerprint density at radius 1 is 0.494 bits per heavy atom. The minimum absolute atomic E-state index is 0.102. The van der Waals surface area contributed by atoms with Crippen LogP contribution in [0.5, 0.6) is 0 Å². The molecule has 0 aromatic carbocycles. The van der Waals surface area contributed by atoms with Crippen LogP contribution in [0.15, 0.2) is 60.8 Å². The normalized spacial score (nSPS) is 19.2. The van der Waals surface area contributed by atoms with Crippen LogP contribution in [0.1, 0.15) is 297 Å². The van der Waals surface area contributed by atoms with Gasteiger partial charge in [-0.05, 0) is 70.6 Å². The second-order valence-corrected chi connectivity index (χ2v) is 22.9. The van der Waals surface area contributed by atoms with Crippen molar-refractivity contribution < 1.29 is 49.3 Å². The van der Waals surface area contributed by atoms with E-state index in [0.717, 1.165) is 89.9 Å². The summed E-state index contributed by atoms with van der Waals surface area (Å²) in [4.78, 5) is 26.6. The van der Waals surface area contributed by atoms with Crippen molar-refractivity contribution >= 4 is 11.9 Å². The Balaban J connectivity index is 2.63. The van der Waals surface area contributed by atoms with Gasteiger partial charge in [-0.2, -0.15) is 0 Å². The van der Waals surface area contributed by atoms with Gasteiger partial charge >= 0.3 is 5.97 Å². The van der Waals surface area contributed by atoms with Crippen molar-refractivity contribution in [3.63, 3.8) is 0 Å². The van der Waals surface area contributed by atoms with Crippen LogP contribution >= 0.6 is 0 Å². The van der Waals surface area contributed by atoms with Crippen LogP contribution in [-0.4, -0.2) is 99.6 Å². The Morgan fingerprint density at radius 3 is 1.33 bits per heavy atom. The molecule has 0 saturated carbocycles. The molecule has 0 radical (unpaired) electrons. The van der Waals surface area contributed by atoms with Crippen LogP contribution in [0.2, 0.25) is 0 Å². The number of rotatable bonds is 56. The van der Waals surface area contributed by atoms with Gasteiger partial charge in [0, 0.05) is 6.42 Å². The summed E-state index contributed by atoms with van der Waals surface area (Å²) in [6.07, 6.45) is 59.7. The Labute approximate surface area is 484 Å². The molecule has 0 aromatic rings. The number of carbonyl (C=O) groups excluding carboxylic acids is 2. The molecule has 1 aliphatic rings. The summed E-state index contributed by atoms with van der Waals surface area (Å²) in [6.45, 7) is 5.77. The fourth-order valence-corrected chi connectivity index (χ4v) is 10.2. The number of allylic oxidation sites excluding steroid dienone is 9. The molecule has 6 N–H and O–H groups in total. The first-order chi connectivity index (χ1) is 38.7. The lowest BCUT2D eigenvalue weighted by Crippen LogP contribution is -2.61. The van der Waals surface area contributed by atoms with Crippen LogP contribution in [0.3, 0.4) is 0 Å². The minimum Gasteiger partial charge on any atom is -0.454 e. The maximum Gasteiger partial charge on any atom is 0.306 e. The zero-order valence-corrected chi connectivity index (χ0v) is 51.0. The molecule has 0 aliphatic carbocycles. The molecule has 460 valence electrons. The monoisotopic (exact) mass is 1110 g/mol. The predicted octanol–water partition coefficient (Wildman–Crippen LogP) is 16.2. The Bertz CT molecular complexity index is 1510. The number of esters is 1. The summed E-state index contributed by atoms with van der Waals surface area (Å²) in [7, 11) is 0. The standard InChI is InChI=1S/C68H123NO10/c1-4-7-10-13-16-19-22-24-26-28-30-31-32-34-36-38-41-44-47-50-53-56-63(73)79-66-65(75)64(74)62(57-70)78-68(66)77-58-59(60(71)54-51-48-45-42-39-21-18-15-12-9-6-3)69-67(76)61(72)55-52-49-46-43-40-37-35-33-29-27-25-23-20-17-14-11-8-5-2/h16,19,24,26,30-31,34,36,51,54,59-62,64-66,68,70-72,74-75H,4-15,17-18,20-23,25,27-29,32-33,35,37-50,52-53,55-58H2,1-3H3,(H,69,76)/b19-16-,26-24-,31-30-,36-34-,54-51+. The molecule has 1 heterocycles. The van der Waals surface area contributed by atoms with Crippen LogP contribution in [0.25, 0.3) is 0 Å². The van der Waals surface area contributed by atoms with Crippen molar-refractivity contribution in [2.45, 2.75) is 346 Å². The number of carbonyl (C=O) groups is 2. The molecule has 11 heteroatoms. The summed E-state index contributed by atoms with van der Waals surface area (Å²) in [5.41, 5.74) is 0. The van der Waals surface area contributed by atoms with Gasteiger partial charge in [0.25, 0.3) is 0 Å². The number of hydrogen-bond donors (Lipinski definition) is 6. The average molecular weight is 1110 g/mol. The smallest absolute Gasteiger partial charge is 0.306 e. The highest BCUT2D eigenvalue weighted by atomic mass is 16.7. The largest absolute Gasteiger partial charge is 0.454 e. The van der Waals surface area contributed by atoms with Crippen molar-refractivity contribution in [2.24, 2.45) is 0 Å². The second-order valence-electron chi connectivity index (χ2n) is 22.9. The van der Waals surface area contributed by atoms with E-state index in [2.05, 4.69) is 74.7 Å². The van der Waals surface area contributed by atoms with E-state index in [1.807, 2.05) is 6.08 Å². The highest BCUT2D eigenvalue weighted by Crippen LogP contribution is 2.26. The topological polar surface area (TPSA) is 175 Å². The molecular formula is C68H123NO10. The Kier molecular flexibility index (Phi) is 52.6. The van der Waals surface area contributed by atoms with Gasteiger partial charge in [0.1, 0.15) is 24.4 Å². The molecule has 1 rings (SSSR count). The van der Waals surface area contributed by atoms with Gasteiger partial charge in [0.2, 0.25) is 5.91 Å². The number of aliphatic hydroxyl groups is 5. The first kappa shape index (κ1) is 74.4. The van der Waals surface area contributed by atoms with Gasteiger partial charge in [-0.3, -0.25) is 9.59 Å². The molecule has 0 bridgehead atoms. The molecule has 1 aliphatic heterocycles. The first-order valence-corrected chi connectivity index (χ1v) is 33.1.